The Balaban J connectivity index is 2.23. The second-order valence-corrected chi connectivity index (χ2v) is 6.07. The van der Waals surface area contributed by atoms with Crippen LogP contribution in [-0.4, -0.2) is 6.04 Å². The minimum absolute atomic E-state index is 0.293. The third-order valence-corrected chi connectivity index (χ3v) is 3.50. The van der Waals surface area contributed by atoms with Crippen molar-refractivity contribution in [2.24, 2.45) is 0 Å². The van der Waals surface area contributed by atoms with Crippen LogP contribution in [0.1, 0.15) is 19.4 Å². The van der Waals surface area contributed by atoms with Gasteiger partial charge in [0, 0.05) is 21.7 Å². The number of benzene rings is 2. The van der Waals surface area contributed by atoms with Crippen LogP contribution in [0.2, 0.25) is 0 Å². The number of para-hydroxylation sites is 1. The lowest BCUT2D eigenvalue weighted by atomic mass is 10.2. The van der Waals surface area contributed by atoms with Gasteiger partial charge in [-0.1, -0.05) is 26.0 Å². The van der Waals surface area contributed by atoms with Crippen molar-refractivity contribution in [3.63, 3.8) is 0 Å². The molecule has 2 aromatic carbocycles. The molecule has 0 saturated heterocycles. The van der Waals surface area contributed by atoms with Gasteiger partial charge in [0.25, 0.3) is 0 Å². The van der Waals surface area contributed by atoms with Crippen LogP contribution in [0.3, 0.4) is 0 Å². The number of rotatable bonds is 5. The molecule has 0 spiro atoms. The van der Waals surface area contributed by atoms with Crippen molar-refractivity contribution in [1.29, 1.82) is 0 Å². The minimum atomic E-state index is -0.341. The first-order valence-corrected chi connectivity index (χ1v) is 7.58. The first-order chi connectivity index (χ1) is 9.56. The summed E-state index contributed by atoms with van der Waals surface area (Å²) in [6.45, 7) is 4.69. The Morgan fingerprint density at radius 1 is 1.15 bits per heavy atom. The van der Waals surface area contributed by atoms with E-state index in [1.807, 2.05) is 30.3 Å². The predicted molar refractivity (Wildman–Crippen MR) is 87.6 cm³/mol. The molecule has 106 valence electrons. The molecule has 0 heterocycles. The number of hydrogen-bond acceptors (Lipinski definition) is 2. The standard InChI is InChI=1S/C16H17FINO/c1-11(2)19-10-12-4-3-5-15(17)16(12)20-14-8-6-13(18)7-9-14/h3-9,11,19H,10H2,1-2H3. The molecule has 0 saturated carbocycles. The molecule has 0 unspecified atom stereocenters. The van der Waals surface area contributed by atoms with Crippen LogP contribution in [0.25, 0.3) is 0 Å². The Kier molecular flexibility index (Phi) is 5.37. The average molecular weight is 385 g/mol. The van der Waals surface area contributed by atoms with E-state index in [0.29, 0.717) is 24.1 Å². The monoisotopic (exact) mass is 385 g/mol. The topological polar surface area (TPSA) is 21.3 Å². The van der Waals surface area contributed by atoms with E-state index in [9.17, 15) is 4.39 Å². The number of hydrogen-bond donors (Lipinski definition) is 1. The fourth-order valence-electron chi connectivity index (χ4n) is 1.74. The Labute approximate surface area is 132 Å². The zero-order valence-corrected chi connectivity index (χ0v) is 13.6. The van der Waals surface area contributed by atoms with Gasteiger partial charge in [0.2, 0.25) is 0 Å². The first-order valence-electron chi connectivity index (χ1n) is 6.50. The Morgan fingerprint density at radius 2 is 1.85 bits per heavy atom. The normalized spacial score (nSPS) is 10.8. The van der Waals surface area contributed by atoms with Gasteiger partial charge in [0.05, 0.1) is 0 Å². The smallest absolute Gasteiger partial charge is 0.167 e. The van der Waals surface area contributed by atoms with Gasteiger partial charge in [-0.3, -0.25) is 0 Å². The highest BCUT2D eigenvalue weighted by Crippen LogP contribution is 2.28. The molecule has 0 aliphatic carbocycles. The van der Waals surface area contributed by atoms with Crippen molar-refractivity contribution in [1.82, 2.24) is 5.32 Å². The molecule has 0 aliphatic rings. The largest absolute Gasteiger partial charge is 0.454 e. The van der Waals surface area contributed by atoms with Crippen molar-refractivity contribution in [2.75, 3.05) is 0 Å². The molecule has 0 atom stereocenters. The summed E-state index contributed by atoms with van der Waals surface area (Å²) in [6, 6.07) is 12.9. The lowest BCUT2D eigenvalue weighted by Gasteiger charge is -2.14. The molecule has 4 heteroatoms. The van der Waals surface area contributed by atoms with Crippen LogP contribution >= 0.6 is 22.6 Å². The Bertz CT molecular complexity index is 569. The molecule has 0 fully saturated rings. The van der Waals surface area contributed by atoms with E-state index in [-0.39, 0.29) is 5.82 Å². The van der Waals surface area contributed by atoms with Gasteiger partial charge < -0.3 is 10.1 Å². The molecular weight excluding hydrogens is 368 g/mol. The fourth-order valence-corrected chi connectivity index (χ4v) is 2.10. The van der Waals surface area contributed by atoms with Crippen LogP contribution < -0.4 is 10.1 Å². The predicted octanol–water partition coefficient (Wildman–Crippen LogP) is 4.72. The number of halogens is 2. The van der Waals surface area contributed by atoms with E-state index in [1.54, 1.807) is 6.07 Å². The SMILES string of the molecule is CC(C)NCc1cccc(F)c1Oc1ccc(I)cc1. The van der Waals surface area contributed by atoms with E-state index in [0.717, 1.165) is 9.13 Å². The van der Waals surface area contributed by atoms with Gasteiger partial charge in [0.15, 0.2) is 11.6 Å². The molecule has 1 N–H and O–H groups in total. The molecular formula is C16H17FINO. The summed E-state index contributed by atoms with van der Waals surface area (Å²) in [5, 5.41) is 3.28. The summed E-state index contributed by atoms with van der Waals surface area (Å²) in [6.07, 6.45) is 0. The Morgan fingerprint density at radius 3 is 2.50 bits per heavy atom. The second-order valence-electron chi connectivity index (χ2n) is 4.82. The molecule has 2 nitrogen and oxygen atoms in total. The summed E-state index contributed by atoms with van der Waals surface area (Å²) < 4.78 is 20.8. The summed E-state index contributed by atoms with van der Waals surface area (Å²) >= 11 is 2.22. The van der Waals surface area contributed by atoms with E-state index >= 15 is 0 Å². The van der Waals surface area contributed by atoms with Crippen molar-refractivity contribution >= 4 is 22.6 Å². The van der Waals surface area contributed by atoms with Gasteiger partial charge in [-0.25, -0.2) is 4.39 Å². The summed E-state index contributed by atoms with van der Waals surface area (Å²) in [4.78, 5) is 0. The van der Waals surface area contributed by atoms with Crippen molar-refractivity contribution < 1.29 is 9.13 Å². The molecule has 0 aromatic heterocycles. The molecule has 2 aromatic rings. The van der Waals surface area contributed by atoms with Crippen molar-refractivity contribution in [3.05, 3.63) is 57.4 Å². The summed E-state index contributed by atoms with van der Waals surface area (Å²) in [5.74, 6) is 0.592. The highest BCUT2D eigenvalue weighted by Gasteiger charge is 2.11. The molecule has 0 amide bonds. The van der Waals surface area contributed by atoms with Crippen LogP contribution in [0, 0.1) is 9.39 Å². The van der Waals surface area contributed by atoms with E-state index in [2.05, 4.69) is 41.8 Å². The van der Waals surface area contributed by atoms with Crippen molar-refractivity contribution in [3.8, 4) is 11.5 Å². The summed E-state index contributed by atoms with van der Waals surface area (Å²) in [7, 11) is 0. The quantitative estimate of drug-likeness (QED) is 0.753. The zero-order chi connectivity index (χ0) is 14.5. The lowest BCUT2D eigenvalue weighted by Crippen LogP contribution is -2.22. The maximum Gasteiger partial charge on any atom is 0.167 e. The molecule has 0 radical (unpaired) electrons. The van der Waals surface area contributed by atoms with Crippen LogP contribution in [-0.2, 0) is 6.54 Å². The highest BCUT2D eigenvalue weighted by molar-refractivity contribution is 14.1. The maximum absolute atomic E-state index is 14.0. The minimum Gasteiger partial charge on any atom is -0.454 e. The number of ether oxygens (including phenoxy) is 1. The van der Waals surface area contributed by atoms with E-state index < -0.39 is 0 Å². The third-order valence-electron chi connectivity index (χ3n) is 2.78. The Hall–Kier alpha value is -1.14. The maximum atomic E-state index is 14.0. The lowest BCUT2D eigenvalue weighted by molar-refractivity contribution is 0.431. The van der Waals surface area contributed by atoms with Gasteiger partial charge in [-0.15, -0.1) is 0 Å². The van der Waals surface area contributed by atoms with Gasteiger partial charge >= 0.3 is 0 Å². The first kappa shape index (κ1) is 15.3. The van der Waals surface area contributed by atoms with Crippen LogP contribution in [0.5, 0.6) is 11.5 Å². The van der Waals surface area contributed by atoms with E-state index in [1.165, 1.54) is 6.07 Å². The highest BCUT2D eigenvalue weighted by atomic mass is 127. The summed E-state index contributed by atoms with van der Waals surface area (Å²) in [5.41, 5.74) is 0.817. The average Bonchev–Trinajstić information content (AvgIpc) is 2.41. The van der Waals surface area contributed by atoms with Gasteiger partial charge in [0.1, 0.15) is 5.75 Å². The van der Waals surface area contributed by atoms with Gasteiger partial charge in [-0.2, -0.15) is 0 Å². The third kappa shape index (κ3) is 4.18. The molecule has 20 heavy (non-hydrogen) atoms. The van der Waals surface area contributed by atoms with E-state index in [4.69, 9.17) is 4.74 Å². The molecule has 2 rings (SSSR count). The molecule has 0 aliphatic heterocycles. The van der Waals surface area contributed by atoms with Crippen LogP contribution in [0.15, 0.2) is 42.5 Å². The van der Waals surface area contributed by atoms with Crippen LogP contribution in [0.4, 0.5) is 4.39 Å². The fraction of sp³-hybridized carbons (Fsp3) is 0.250. The zero-order valence-electron chi connectivity index (χ0n) is 11.5. The van der Waals surface area contributed by atoms with Crippen molar-refractivity contribution in [2.45, 2.75) is 26.4 Å². The molecule has 0 bridgehead atoms. The number of nitrogens with one attached hydrogen (secondary N) is 1. The van der Waals surface area contributed by atoms with Gasteiger partial charge in [-0.05, 0) is 52.9 Å². The second kappa shape index (κ2) is 7.04.